The van der Waals surface area contributed by atoms with Crippen molar-refractivity contribution >= 4 is 17.2 Å². The molecule has 7 heteroatoms. The predicted molar refractivity (Wildman–Crippen MR) is 109 cm³/mol. The van der Waals surface area contributed by atoms with Gasteiger partial charge in [0.05, 0.1) is 11.2 Å². The lowest BCUT2D eigenvalue weighted by Gasteiger charge is -2.42. The SMILES string of the molecule is Cc1ncsc1C(=O)N1C[C@@H]2C[C@H](C1)c1ccc(CN3CCCC3)c(=O)n1C2. The minimum Gasteiger partial charge on any atom is -0.337 e. The van der Waals surface area contributed by atoms with Gasteiger partial charge in [-0.2, -0.15) is 0 Å². The van der Waals surface area contributed by atoms with E-state index in [-0.39, 0.29) is 17.4 Å². The Hall–Kier alpha value is -1.99. The molecule has 6 nitrogen and oxygen atoms in total. The fourth-order valence-corrected chi connectivity index (χ4v) is 5.88. The summed E-state index contributed by atoms with van der Waals surface area (Å²) in [4.78, 5) is 35.4. The van der Waals surface area contributed by atoms with Gasteiger partial charge in [0.15, 0.2) is 0 Å². The number of hydrogen-bond donors (Lipinski definition) is 0. The van der Waals surface area contributed by atoms with Crippen LogP contribution in [0.25, 0.3) is 0 Å². The Labute approximate surface area is 168 Å². The number of aromatic nitrogens is 2. The molecule has 3 aliphatic rings. The van der Waals surface area contributed by atoms with E-state index in [4.69, 9.17) is 0 Å². The maximum absolute atomic E-state index is 13.1. The third-order valence-electron chi connectivity index (χ3n) is 6.50. The van der Waals surface area contributed by atoms with Crippen LogP contribution in [0.15, 0.2) is 22.4 Å². The van der Waals surface area contributed by atoms with E-state index in [9.17, 15) is 9.59 Å². The van der Waals surface area contributed by atoms with Gasteiger partial charge in [0, 0.05) is 43.4 Å². The third-order valence-corrected chi connectivity index (χ3v) is 7.42. The van der Waals surface area contributed by atoms with Crippen molar-refractivity contribution in [1.82, 2.24) is 19.4 Å². The van der Waals surface area contributed by atoms with E-state index in [2.05, 4.69) is 16.0 Å². The zero-order valence-corrected chi connectivity index (χ0v) is 17.1. The molecule has 0 aliphatic carbocycles. The Morgan fingerprint density at radius 1 is 1.21 bits per heavy atom. The first-order chi connectivity index (χ1) is 13.6. The number of fused-ring (bicyclic) bond motifs is 4. The largest absolute Gasteiger partial charge is 0.337 e. The van der Waals surface area contributed by atoms with Crippen LogP contribution in [0.2, 0.25) is 0 Å². The summed E-state index contributed by atoms with van der Waals surface area (Å²) in [6.07, 6.45) is 3.54. The lowest BCUT2D eigenvalue weighted by Crippen LogP contribution is -2.49. The number of thiazole rings is 1. The van der Waals surface area contributed by atoms with Crippen LogP contribution in [0.1, 0.15) is 51.8 Å². The first-order valence-electron chi connectivity index (χ1n) is 10.2. The molecule has 2 atom stereocenters. The summed E-state index contributed by atoms with van der Waals surface area (Å²) in [7, 11) is 0. The molecule has 2 saturated heterocycles. The number of amides is 1. The number of aryl methyl sites for hydroxylation is 1. The topological polar surface area (TPSA) is 58.4 Å². The van der Waals surface area contributed by atoms with Crippen molar-refractivity contribution in [1.29, 1.82) is 0 Å². The first kappa shape index (κ1) is 18.1. The smallest absolute Gasteiger partial charge is 0.265 e. The molecule has 0 radical (unpaired) electrons. The summed E-state index contributed by atoms with van der Waals surface area (Å²) in [5.74, 6) is 0.692. The van der Waals surface area contributed by atoms with E-state index in [1.54, 1.807) is 5.51 Å². The molecule has 2 aromatic heterocycles. The van der Waals surface area contributed by atoms with Gasteiger partial charge in [-0.25, -0.2) is 4.98 Å². The molecule has 2 aromatic rings. The molecular formula is C21H26N4O2S. The molecule has 1 amide bonds. The van der Waals surface area contributed by atoms with E-state index in [0.717, 1.165) is 61.0 Å². The van der Waals surface area contributed by atoms with Crippen LogP contribution in [0.3, 0.4) is 0 Å². The Bertz CT molecular complexity index is 960. The lowest BCUT2D eigenvalue weighted by molar-refractivity contribution is 0.0598. The van der Waals surface area contributed by atoms with Crippen molar-refractivity contribution in [2.75, 3.05) is 26.2 Å². The highest BCUT2D eigenvalue weighted by atomic mass is 32.1. The quantitative estimate of drug-likeness (QED) is 0.797. The van der Waals surface area contributed by atoms with Crippen molar-refractivity contribution in [2.45, 2.75) is 45.2 Å². The average molecular weight is 399 g/mol. The van der Waals surface area contributed by atoms with Crippen molar-refractivity contribution in [3.8, 4) is 0 Å². The molecule has 3 aliphatic heterocycles. The number of carbonyl (C=O) groups excluding carboxylic acids is 1. The standard InChI is InChI=1S/C21H26N4O2S/c1-14-19(28-13-22-14)21(27)24-9-15-8-17(12-24)18-5-4-16(20(26)25(18)10-15)11-23-6-2-3-7-23/h4-5,13,15,17H,2-3,6-12H2,1H3/t15-,17+/m0/s1. The van der Waals surface area contributed by atoms with Crippen LogP contribution in [-0.4, -0.2) is 51.4 Å². The summed E-state index contributed by atoms with van der Waals surface area (Å²) < 4.78 is 2.00. The fourth-order valence-electron chi connectivity index (χ4n) is 5.11. The second kappa shape index (κ2) is 7.12. The monoisotopic (exact) mass is 398 g/mol. The first-order valence-corrected chi connectivity index (χ1v) is 11.1. The van der Waals surface area contributed by atoms with E-state index in [1.807, 2.05) is 22.5 Å². The van der Waals surface area contributed by atoms with Gasteiger partial charge in [-0.05, 0) is 51.3 Å². The summed E-state index contributed by atoms with van der Waals surface area (Å²) in [6, 6.07) is 4.17. The minimum atomic E-state index is 0.0937. The van der Waals surface area contributed by atoms with Gasteiger partial charge in [-0.3, -0.25) is 14.5 Å². The maximum atomic E-state index is 13.1. The zero-order chi connectivity index (χ0) is 19.3. The Morgan fingerprint density at radius 3 is 2.79 bits per heavy atom. The highest BCUT2D eigenvalue weighted by molar-refractivity contribution is 7.11. The minimum absolute atomic E-state index is 0.0937. The normalized spacial score (nSPS) is 24.4. The van der Waals surface area contributed by atoms with Gasteiger partial charge in [0.25, 0.3) is 11.5 Å². The number of nitrogens with zero attached hydrogens (tertiary/aromatic N) is 4. The van der Waals surface area contributed by atoms with Gasteiger partial charge in [0.1, 0.15) is 4.88 Å². The summed E-state index contributed by atoms with van der Waals surface area (Å²) in [5, 5.41) is 0. The predicted octanol–water partition coefficient (Wildman–Crippen LogP) is 2.47. The number of hydrogen-bond acceptors (Lipinski definition) is 5. The third kappa shape index (κ3) is 3.10. The molecule has 2 fully saturated rings. The lowest BCUT2D eigenvalue weighted by atomic mass is 9.83. The highest BCUT2D eigenvalue weighted by Crippen LogP contribution is 2.36. The molecule has 5 rings (SSSR count). The average Bonchev–Trinajstić information content (AvgIpc) is 3.35. The molecule has 5 heterocycles. The Balaban J connectivity index is 1.40. The van der Waals surface area contributed by atoms with Crippen molar-refractivity contribution in [3.63, 3.8) is 0 Å². The van der Waals surface area contributed by atoms with Crippen LogP contribution < -0.4 is 5.56 Å². The molecule has 0 N–H and O–H groups in total. The highest BCUT2D eigenvalue weighted by Gasteiger charge is 2.37. The Morgan fingerprint density at radius 2 is 2.04 bits per heavy atom. The Kier molecular flexibility index (Phi) is 4.59. The van der Waals surface area contributed by atoms with Crippen LogP contribution in [-0.2, 0) is 13.1 Å². The number of pyridine rings is 1. The van der Waals surface area contributed by atoms with E-state index >= 15 is 0 Å². The van der Waals surface area contributed by atoms with E-state index in [0.29, 0.717) is 12.5 Å². The number of likely N-dealkylation sites (tertiary alicyclic amines) is 2. The van der Waals surface area contributed by atoms with Crippen molar-refractivity contribution in [3.05, 3.63) is 49.8 Å². The number of rotatable bonds is 3. The second-order valence-electron chi connectivity index (χ2n) is 8.46. The zero-order valence-electron chi connectivity index (χ0n) is 16.3. The van der Waals surface area contributed by atoms with Crippen LogP contribution in [0.5, 0.6) is 0 Å². The molecule has 2 bridgehead atoms. The summed E-state index contributed by atoms with van der Waals surface area (Å²) in [5.41, 5.74) is 4.75. The number of piperidine rings is 1. The number of carbonyl (C=O) groups is 1. The fraction of sp³-hybridized carbons (Fsp3) is 0.571. The van der Waals surface area contributed by atoms with E-state index < -0.39 is 0 Å². The van der Waals surface area contributed by atoms with Gasteiger partial charge in [0.2, 0.25) is 0 Å². The molecule has 0 saturated carbocycles. The van der Waals surface area contributed by atoms with Crippen molar-refractivity contribution < 1.29 is 4.79 Å². The second-order valence-corrected chi connectivity index (χ2v) is 9.31. The maximum Gasteiger partial charge on any atom is 0.265 e. The van der Waals surface area contributed by atoms with Crippen LogP contribution >= 0.6 is 11.3 Å². The van der Waals surface area contributed by atoms with Gasteiger partial charge < -0.3 is 9.47 Å². The molecule has 148 valence electrons. The molecule has 0 unspecified atom stereocenters. The molecule has 0 spiro atoms. The van der Waals surface area contributed by atoms with Gasteiger partial charge in [-0.1, -0.05) is 6.07 Å². The summed E-state index contributed by atoms with van der Waals surface area (Å²) >= 11 is 1.42. The van der Waals surface area contributed by atoms with Crippen molar-refractivity contribution in [2.24, 2.45) is 5.92 Å². The van der Waals surface area contributed by atoms with E-state index in [1.165, 1.54) is 24.2 Å². The molecular weight excluding hydrogens is 372 g/mol. The summed E-state index contributed by atoms with van der Waals surface area (Å²) in [6.45, 7) is 7.01. The van der Waals surface area contributed by atoms with Crippen LogP contribution in [0.4, 0.5) is 0 Å². The van der Waals surface area contributed by atoms with Gasteiger partial charge >= 0.3 is 0 Å². The van der Waals surface area contributed by atoms with Gasteiger partial charge in [-0.15, -0.1) is 11.3 Å². The van der Waals surface area contributed by atoms with Crippen LogP contribution in [0, 0.1) is 12.8 Å². The molecule has 28 heavy (non-hydrogen) atoms. The molecule has 0 aromatic carbocycles.